The molecule has 12 rings (SSSR count). The summed E-state index contributed by atoms with van der Waals surface area (Å²) >= 11 is 0. The normalized spacial score (nSPS) is 29.3. The highest BCUT2D eigenvalue weighted by atomic mass is 19.1. The van der Waals surface area contributed by atoms with Crippen LogP contribution >= 0.6 is 0 Å². The van der Waals surface area contributed by atoms with Gasteiger partial charge in [-0.3, -0.25) is 30.7 Å². The van der Waals surface area contributed by atoms with Crippen molar-refractivity contribution >= 4 is 17.7 Å². The molecular formula is C56H80F4N6O4. The Morgan fingerprint density at radius 1 is 0.529 bits per heavy atom. The molecule has 5 N–H and O–H groups in total. The van der Waals surface area contributed by atoms with Crippen LogP contribution < -0.4 is 22.1 Å². The molecule has 14 heteroatoms. The Kier molecular flexibility index (Phi) is 17.6. The fourth-order valence-electron chi connectivity index (χ4n) is 13.6. The molecule has 70 heavy (non-hydrogen) atoms. The largest absolute Gasteiger partial charge is 0.420 e. The van der Waals surface area contributed by atoms with Gasteiger partial charge in [0.2, 0.25) is 17.7 Å². The quantitative estimate of drug-likeness (QED) is 0.0345. The van der Waals surface area contributed by atoms with Crippen LogP contribution in [0.15, 0.2) is 40.8 Å². The van der Waals surface area contributed by atoms with Gasteiger partial charge in [-0.25, -0.2) is 23.4 Å². The Hall–Kier alpha value is -4.33. The van der Waals surface area contributed by atoms with Crippen LogP contribution in [0.5, 0.6) is 0 Å². The molecule has 9 aliphatic rings. The second-order valence-corrected chi connectivity index (χ2v) is 22.7. The van der Waals surface area contributed by atoms with Gasteiger partial charge in [-0.05, 0) is 175 Å². The van der Waals surface area contributed by atoms with Crippen molar-refractivity contribution in [2.75, 3.05) is 0 Å². The van der Waals surface area contributed by atoms with Crippen molar-refractivity contribution in [3.63, 3.8) is 0 Å². The molecule has 9 aliphatic carbocycles. The third-order valence-electron chi connectivity index (χ3n) is 18.8. The van der Waals surface area contributed by atoms with Crippen LogP contribution in [0, 0.1) is 50.3 Å². The number of hydrogen-bond donors (Lipinski definition) is 4. The van der Waals surface area contributed by atoms with Crippen molar-refractivity contribution in [1.29, 1.82) is 0 Å². The number of carbonyl (C=O) groups excluding carboxylic acids is 3. The summed E-state index contributed by atoms with van der Waals surface area (Å²) in [6.07, 6.45) is 34.8. The van der Waals surface area contributed by atoms with Gasteiger partial charge in [0.15, 0.2) is 0 Å². The lowest BCUT2D eigenvalue weighted by Crippen LogP contribution is -2.54. The monoisotopic (exact) mass is 977 g/mol. The van der Waals surface area contributed by atoms with Gasteiger partial charge in [-0.2, -0.15) is 0 Å². The first-order valence-corrected chi connectivity index (χ1v) is 27.0. The molecule has 0 radical (unpaired) electrons. The van der Waals surface area contributed by atoms with Crippen molar-refractivity contribution in [2.24, 2.45) is 32.9 Å². The lowest BCUT2D eigenvalue weighted by atomic mass is 9.52. The summed E-state index contributed by atoms with van der Waals surface area (Å²) in [5, 5.41) is 8.19. The molecule has 0 saturated heterocycles. The summed E-state index contributed by atoms with van der Waals surface area (Å²) < 4.78 is 61.2. The highest BCUT2D eigenvalue weighted by molar-refractivity contribution is 5.96. The van der Waals surface area contributed by atoms with E-state index in [0.29, 0.717) is 22.1 Å². The van der Waals surface area contributed by atoms with E-state index < -0.39 is 40.2 Å². The number of hydrogen-bond acceptors (Lipinski definition) is 7. The number of halogens is 4. The zero-order chi connectivity index (χ0) is 50.0. The number of fused-ring (bicyclic) bond motifs is 9. The number of nitrogens with one attached hydrogen (secondary N) is 3. The maximum atomic E-state index is 14.0. The third kappa shape index (κ3) is 11.6. The van der Waals surface area contributed by atoms with Crippen LogP contribution in [0.25, 0.3) is 11.5 Å². The average molecular weight is 977 g/mol. The van der Waals surface area contributed by atoms with Crippen molar-refractivity contribution in [3.8, 4) is 11.5 Å². The Bertz CT molecular complexity index is 2150. The molecule has 1 aromatic heterocycles. The molecule has 386 valence electrons. The summed E-state index contributed by atoms with van der Waals surface area (Å²) in [5.74, 6) is 1.46. The van der Waals surface area contributed by atoms with Crippen molar-refractivity contribution in [2.45, 2.75) is 219 Å². The zero-order valence-electron chi connectivity index (χ0n) is 42.3. The molecule has 3 aromatic rings. The molecule has 0 aliphatic heterocycles. The first-order chi connectivity index (χ1) is 33.7. The Morgan fingerprint density at radius 3 is 1.31 bits per heavy atom. The minimum atomic E-state index is -0.976. The smallest absolute Gasteiger partial charge is 0.275 e. The second kappa shape index (κ2) is 23.0. The SMILES string of the molecule is CCCCCC12CCC(C(=O)NN)(CC1)CC2.CCCCCC12CCC(C(=O)NNC(=O)c3c(F)cccc3F)(CC1)CC2.CCCCCC12CCC(c3nnc(-c4c(F)cccc4F)o3)(CC1)CC2. The Morgan fingerprint density at radius 2 is 0.914 bits per heavy atom. The van der Waals surface area contributed by atoms with Crippen LogP contribution in [0.3, 0.4) is 0 Å². The van der Waals surface area contributed by atoms with Crippen molar-refractivity contribution in [1.82, 2.24) is 26.5 Å². The number of benzene rings is 2. The van der Waals surface area contributed by atoms with Crippen LogP contribution in [0.2, 0.25) is 0 Å². The number of hydrazine groups is 2. The van der Waals surface area contributed by atoms with Gasteiger partial charge in [0.25, 0.3) is 11.8 Å². The van der Waals surface area contributed by atoms with E-state index in [1.165, 1.54) is 140 Å². The molecule has 10 nitrogen and oxygen atoms in total. The molecule has 1 heterocycles. The molecule has 3 amide bonds. The van der Waals surface area contributed by atoms with Crippen molar-refractivity contribution in [3.05, 3.63) is 71.1 Å². The standard InChI is InChI=1S/C21H28F2N2O2.C21H26F2N2O.C14H26N2O/c1-2-3-4-8-20-9-12-21(13-10-20,14-11-20)19(27)25-24-18(26)17-15(22)6-5-7-16(17)23;1-2-3-4-8-20-9-12-21(13-10-20,14-11-20)19-25-24-18(26-19)17-15(22)6-5-7-16(17)23;1-2-3-4-5-13-6-9-14(10-7-13,11-8-13)12(17)16-15/h5-7H,2-4,8-14H2,1H3,(H,24,26)(H,25,27);5-7H,2-4,8-14H2,1H3;2-11,15H2,1H3,(H,16,17). The third-order valence-corrected chi connectivity index (χ3v) is 18.8. The summed E-state index contributed by atoms with van der Waals surface area (Å²) in [5.41, 5.74) is 6.86. The lowest BCUT2D eigenvalue weighted by Gasteiger charge is -2.52. The van der Waals surface area contributed by atoms with Crippen LogP contribution in [-0.2, 0) is 15.0 Å². The number of aromatic nitrogens is 2. The van der Waals surface area contributed by atoms with E-state index in [2.05, 4.69) is 47.2 Å². The molecule has 0 unspecified atom stereocenters. The number of nitrogens with zero attached hydrogens (tertiary/aromatic N) is 2. The summed E-state index contributed by atoms with van der Waals surface area (Å²) in [6.45, 7) is 6.71. The van der Waals surface area contributed by atoms with Gasteiger partial charge in [0.05, 0.1) is 10.8 Å². The number of rotatable bonds is 17. The molecule has 9 fully saturated rings. The summed E-state index contributed by atoms with van der Waals surface area (Å²) in [4.78, 5) is 36.7. The number of nitrogens with two attached hydrogens (primary N) is 1. The molecule has 6 bridgehead atoms. The number of unbranched alkanes of at least 4 members (excludes halogenated alkanes) is 6. The predicted octanol–water partition coefficient (Wildman–Crippen LogP) is 13.7. The molecular weight excluding hydrogens is 897 g/mol. The van der Waals surface area contributed by atoms with Crippen LogP contribution in [0.1, 0.15) is 230 Å². The van der Waals surface area contributed by atoms with Crippen LogP contribution in [0.4, 0.5) is 17.6 Å². The van der Waals surface area contributed by atoms with E-state index in [0.717, 1.165) is 89.2 Å². The van der Waals surface area contributed by atoms with E-state index in [-0.39, 0.29) is 34.1 Å². The van der Waals surface area contributed by atoms with Crippen molar-refractivity contribution < 1.29 is 36.4 Å². The van der Waals surface area contributed by atoms with E-state index in [1.807, 2.05) is 0 Å². The maximum Gasteiger partial charge on any atom is 0.275 e. The second-order valence-electron chi connectivity index (χ2n) is 22.7. The van der Waals surface area contributed by atoms with Gasteiger partial charge in [-0.15, -0.1) is 10.2 Å². The highest BCUT2D eigenvalue weighted by Crippen LogP contribution is 2.61. The van der Waals surface area contributed by atoms with Gasteiger partial charge < -0.3 is 4.42 Å². The molecule has 9 saturated carbocycles. The molecule has 2 aromatic carbocycles. The predicted molar refractivity (Wildman–Crippen MR) is 263 cm³/mol. The molecule has 0 atom stereocenters. The number of carbonyl (C=O) groups is 3. The Labute approximate surface area is 413 Å². The topological polar surface area (TPSA) is 152 Å². The van der Waals surface area contributed by atoms with Gasteiger partial charge in [0.1, 0.15) is 34.4 Å². The summed E-state index contributed by atoms with van der Waals surface area (Å²) in [7, 11) is 0. The minimum Gasteiger partial charge on any atom is -0.420 e. The fourth-order valence-corrected chi connectivity index (χ4v) is 13.6. The van der Waals surface area contributed by atoms with E-state index in [9.17, 15) is 31.9 Å². The molecule has 0 spiro atoms. The maximum absolute atomic E-state index is 14.0. The van der Waals surface area contributed by atoms with E-state index >= 15 is 0 Å². The zero-order valence-corrected chi connectivity index (χ0v) is 42.3. The van der Waals surface area contributed by atoms with Crippen LogP contribution in [-0.4, -0.2) is 27.9 Å². The minimum absolute atomic E-state index is 0.0460. The summed E-state index contributed by atoms with van der Waals surface area (Å²) in [6, 6.07) is 6.98. The van der Waals surface area contributed by atoms with E-state index in [4.69, 9.17) is 10.3 Å². The highest BCUT2D eigenvalue weighted by Gasteiger charge is 2.54. The lowest BCUT2D eigenvalue weighted by molar-refractivity contribution is -0.142. The fraction of sp³-hybridized carbons (Fsp3) is 0.696. The first-order valence-electron chi connectivity index (χ1n) is 27.0. The number of amides is 3. The van der Waals surface area contributed by atoms with Gasteiger partial charge in [0, 0.05) is 5.41 Å². The van der Waals surface area contributed by atoms with E-state index in [1.54, 1.807) is 0 Å². The van der Waals surface area contributed by atoms with Gasteiger partial charge >= 0.3 is 0 Å². The van der Waals surface area contributed by atoms with Gasteiger partial charge in [-0.1, -0.05) is 90.7 Å². The Balaban J connectivity index is 0.000000159. The first kappa shape index (κ1) is 53.5. The average Bonchev–Trinajstić information content (AvgIpc) is 3.88.